The topological polar surface area (TPSA) is 26.3 Å². The zero-order valence-corrected chi connectivity index (χ0v) is 8.32. The number of hydrogen-bond acceptors (Lipinski definition) is 2. The summed E-state index contributed by atoms with van der Waals surface area (Å²) in [6.07, 6.45) is 0. The molecular formula is C7H15O2Si. The smallest absolute Gasteiger partial charge is 0.402 e. The van der Waals surface area contributed by atoms with Crippen LogP contribution in [-0.2, 0) is 9.22 Å². The first-order chi connectivity index (χ1) is 4.31. The lowest BCUT2D eigenvalue weighted by atomic mass is 10.2. The highest BCUT2D eigenvalue weighted by atomic mass is 28.4. The minimum atomic E-state index is -1.83. The maximum Gasteiger partial charge on any atom is 0.402 e. The Morgan fingerprint density at radius 1 is 1.30 bits per heavy atom. The molecule has 0 heterocycles. The van der Waals surface area contributed by atoms with Crippen molar-refractivity contribution >= 4 is 14.8 Å². The fraction of sp³-hybridized carbons (Fsp3) is 0.857. The molecule has 0 rings (SSSR count). The molecule has 2 nitrogen and oxygen atoms in total. The molecule has 0 aromatic heterocycles. The Kier molecular flexibility index (Phi) is 2.65. The highest BCUT2D eigenvalue weighted by Crippen LogP contribution is 2.35. The molecule has 0 aliphatic rings. The van der Waals surface area contributed by atoms with Gasteiger partial charge in [-0.05, 0) is 18.1 Å². The van der Waals surface area contributed by atoms with Crippen LogP contribution >= 0.6 is 0 Å². The molecule has 3 heteroatoms. The molecule has 0 aromatic rings. The van der Waals surface area contributed by atoms with Crippen molar-refractivity contribution in [3.05, 3.63) is 0 Å². The van der Waals surface area contributed by atoms with Crippen molar-refractivity contribution in [3.8, 4) is 0 Å². The maximum atomic E-state index is 9.95. The Balaban J connectivity index is 4.23. The standard InChI is InChI=1S/C7H15O2Si/c1-7(2,3)10(4,5)9-6-8/h1-5H3. The number of hydrogen-bond donors (Lipinski definition) is 0. The minimum absolute atomic E-state index is 0.102. The normalized spacial score (nSPS) is 12.9. The largest absolute Gasteiger partial charge is 0.511 e. The molecule has 0 N–H and O–H groups in total. The van der Waals surface area contributed by atoms with Crippen molar-refractivity contribution < 1.29 is 9.22 Å². The second kappa shape index (κ2) is 2.74. The predicted octanol–water partition coefficient (Wildman–Crippen LogP) is 2.08. The Hall–Kier alpha value is -0.313. The molecule has 0 aliphatic heterocycles. The summed E-state index contributed by atoms with van der Waals surface area (Å²) in [5, 5.41) is 0.102. The summed E-state index contributed by atoms with van der Waals surface area (Å²) in [6, 6.07) is 0. The summed E-state index contributed by atoms with van der Waals surface area (Å²) in [5.41, 5.74) is 0. The van der Waals surface area contributed by atoms with E-state index in [2.05, 4.69) is 20.8 Å². The lowest BCUT2D eigenvalue weighted by molar-refractivity contribution is 0.416. The van der Waals surface area contributed by atoms with Crippen molar-refractivity contribution in [2.24, 2.45) is 0 Å². The quantitative estimate of drug-likeness (QED) is 0.577. The summed E-state index contributed by atoms with van der Waals surface area (Å²) in [6.45, 7) is 11.8. The van der Waals surface area contributed by atoms with E-state index in [-0.39, 0.29) is 5.04 Å². The molecule has 0 aliphatic carbocycles. The first-order valence-corrected chi connectivity index (χ1v) is 6.27. The Morgan fingerprint density at radius 2 is 1.70 bits per heavy atom. The molecule has 0 amide bonds. The van der Waals surface area contributed by atoms with Gasteiger partial charge in [0, 0.05) is 0 Å². The molecule has 0 bridgehead atoms. The van der Waals surface area contributed by atoms with E-state index in [1.54, 1.807) is 0 Å². The zero-order chi connectivity index (χ0) is 8.41. The Bertz CT molecular complexity index is 124. The van der Waals surface area contributed by atoms with Gasteiger partial charge in [-0.15, -0.1) is 0 Å². The van der Waals surface area contributed by atoms with Gasteiger partial charge in [-0.1, -0.05) is 20.8 Å². The van der Waals surface area contributed by atoms with Gasteiger partial charge in [0.15, 0.2) is 0 Å². The third-order valence-corrected chi connectivity index (χ3v) is 6.31. The summed E-state index contributed by atoms with van der Waals surface area (Å²) in [4.78, 5) is 9.95. The van der Waals surface area contributed by atoms with E-state index in [0.717, 1.165) is 0 Å². The van der Waals surface area contributed by atoms with Gasteiger partial charge >= 0.3 is 6.47 Å². The van der Waals surface area contributed by atoms with E-state index in [4.69, 9.17) is 4.43 Å². The van der Waals surface area contributed by atoms with Gasteiger partial charge < -0.3 is 4.43 Å². The molecule has 1 radical (unpaired) electrons. The lowest BCUT2D eigenvalue weighted by Crippen LogP contribution is -2.40. The van der Waals surface area contributed by atoms with Crippen molar-refractivity contribution in [1.29, 1.82) is 0 Å². The average Bonchev–Trinajstić information content (AvgIpc) is 1.61. The fourth-order valence-electron chi connectivity index (χ4n) is 0.257. The number of carbonyl (C=O) groups excluding carboxylic acids is 1. The van der Waals surface area contributed by atoms with Gasteiger partial charge in [0.25, 0.3) is 8.32 Å². The second-order valence-corrected chi connectivity index (χ2v) is 8.67. The fourth-order valence-corrected chi connectivity index (χ4v) is 0.772. The highest BCUT2D eigenvalue weighted by Gasteiger charge is 2.38. The van der Waals surface area contributed by atoms with Crippen LogP contribution in [0.1, 0.15) is 20.8 Å². The Morgan fingerprint density at radius 3 is 1.80 bits per heavy atom. The van der Waals surface area contributed by atoms with Crippen molar-refractivity contribution in [1.82, 2.24) is 0 Å². The van der Waals surface area contributed by atoms with Crippen LogP contribution < -0.4 is 0 Å². The molecule has 0 saturated heterocycles. The minimum Gasteiger partial charge on any atom is -0.511 e. The molecule has 0 atom stereocenters. The number of rotatable bonds is 2. The Labute approximate surface area is 63.7 Å². The van der Waals surface area contributed by atoms with E-state index in [1.807, 2.05) is 13.1 Å². The van der Waals surface area contributed by atoms with E-state index in [0.29, 0.717) is 0 Å². The van der Waals surface area contributed by atoms with E-state index in [9.17, 15) is 4.79 Å². The molecule has 59 valence electrons. The first kappa shape index (κ1) is 9.69. The van der Waals surface area contributed by atoms with Crippen LogP contribution in [-0.4, -0.2) is 14.8 Å². The molecule has 0 fully saturated rings. The van der Waals surface area contributed by atoms with Gasteiger partial charge in [0.05, 0.1) is 0 Å². The predicted molar refractivity (Wildman–Crippen MR) is 44.0 cm³/mol. The van der Waals surface area contributed by atoms with Crippen LogP contribution in [0.3, 0.4) is 0 Å². The van der Waals surface area contributed by atoms with Gasteiger partial charge in [-0.3, -0.25) is 0 Å². The molecule has 0 spiro atoms. The summed E-state index contributed by atoms with van der Waals surface area (Å²) in [7, 11) is -1.83. The monoisotopic (exact) mass is 159 g/mol. The van der Waals surface area contributed by atoms with Crippen molar-refractivity contribution in [3.63, 3.8) is 0 Å². The SMILES string of the molecule is CC(C)(C)[Si](C)(C)O[C]=O. The molecular weight excluding hydrogens is 144 g/mol. The summed E-state index contributed by atoms with van der Waals surface area (Å²) >= 11 is 0. The zero-order valence-electron chi connectivity index (χ0n) is 7.32. The molecule has 10 heavy (non-hydrogen) atoms. The van der Waals surface area contributed by atoms with Crippen LogP contribution in [0.2, 0.25) is 18.1 Å². The van der Waals surface area contributed by atoms with Crippen LogP contribution in [0.5, 0.6) is 0 Å². The van der Waals surface area contributed by atoms with E-state index < -0.39 is 8.32 Å². The van der Waals surface area contributed by atoms with Crippen LogP contribution in [0.15, 0.2) is 0 Å². The van der Waals surface area contributed by atoms with Crippen LogP contribution in [0.25, 0.3) is 0 Å². The molecule has 0 unspecified atom stereocenters. The van der Waals surface area contributed by atoms with Gasteiger partial charge in [0.1, 0.15) is 0 Å². The first-order valence-electron chi connectivity index (χ1n) is 3.36. The van der Waals surface area contributed by atoms with Gasteiger partial charge in [-0.2, -0.15) is 0 Å². The summed E-state index contributed by atoms with van der Waals surface area (Å²) < 4.78 is 4.93. The van der Waals surface area contributed by atoms with E-state index in [1.165, 1.54) is 6.47 Å². The third-order valence-electron chi connectivity index (χ3n) is 2.10. The van der Waals surface area contributed by atoms with Crippen LogP contribution in [0.4, 0.5) is 0 Å². The van der Waals surface area contributed by atoms with Gasteiger partial charge in [0.2, 0.25) is 0 Å². The maximum absolute atomic E-state index is 9.95. The average molecular weight is 159 g/mol. The van der Waals surface area contributed by atoms with Crippen LogP contribution in [0, 0.1) is 0 Å². The van der Waals surface area contributed by atoms with Gasteiger partial charge in [-0.25, -0.2) is 4.79 Å². The van der Waals surface area contributed by atoms with Crippen molar-refractivity contribution in [2.75, 3.05) is 0 Å². The highest BCUT2D eigenvalue weighted by molar-refractivity contribution is 6.75. The van der Waals surface area contributed by atoms with Crippen molar-refractivity contribution in [2.45, 2.75) is 38.9 Å². The lowest BCUT2D eigenvalue weighted by Gasteiger charge is -2.33. The third kappa shape index (κ3) is 2.14. The second-order valence-electron chi connectivity index (χ2n) is 3.95. The summed E-state index contributed by atoms with van der Waals surface area (Å²) in [5.74, 6) is 0. The molecule has 0 saturated carbocycles. The molecule has 0 aromatic carbocycles. The van der Waals surface area contributed by atoms with E-state index >= 15 is 0 Å².